The van der Waals surface area contributed by atoms with Crippen LogP contribution in [0.3, 0.4) is 0 Å². The van der Waals surface area contributed by atoms with Gasteiger partial charge >= 0.3 is 0 Å². The second-order valence-electron chi connectivity index (χ2n) is 8.28. The van der Waals surface area contributed by atoms with Crippen LogP contribution in [0.2, 0.25) is 0 Å². The van der Waals surface area contributed by atoms with Crippen LogP contribution < -0.4 is 10.2 Å². The van der Waals surface area contributed by atoms with E-state index in [2.05, 4.69) is 10.5 Å². The monoisotopic (exact) mass is 504 g/mol. The Morgan fingerprint density at radius 3 is 2.50 bits per heavy atom. The number of rotatable bonds is 7. The number of hydrogen-bond acceptors (Lipinski definition) is 5. The maximum absolute atomic E-state index is 14.1. The fourth-order valence-corrected chi connectivity index (χ4v) is 4.59. The van der Waals surface area contributed by atoms with Gasteiger partial charge in [0.15, 0.2) is 16.4 Å². The lowest BCUT2D eigenvalue weighted by Crippen LogP contribution is -2.17. The van der Waals surface area contributed by atoms with E-state index < -0.39 is 11.2 Å². The second kappa shape index (κ2) is 10.8. The molecular formula is C28H25FN2O4S. The molecule has 6 nitrogen and oxygen atoms in total. The van der Waals surface area contributed by atoms with E-state index in [1.165, 1.54) is 31.5 Å². The molecule has 1 unspecified atom stereocenters. The van der Waals surface area contributed by atoms with Gasteiger partial charge in [-0.2, -0.15) is 5.10 Å². The number of halogens is 1. The smallest absolute Gasteiger partial charge is 0.244 e. The number of ether oxygens (including phenoxy) is 1. The van der Waals surface area contributed by atoms with Crippen molar-refractivity contribution < 1.29 is 23.6 Å². The quantitative estimate of drug-likeness (QED) is 0.265. The van der Waals surface area contributed by atoms with Crippen molar-refractivity contribution in [3.63, 3.8) is 0 Å². The highest BCUT2D eigenvalue weighted by molar-refractivity contribution is 7.90. The van der Waals surface area contributed by atoms with Crippen LogP contribution in [0.4, 0.5) is 4.39 Å². The molecule has 4 rings (SSSR count). The van der Waals surface area contributed by atoms with Gasteiger partial charge in [-0.1, -0.05) is 6.07 Å². The molecule has 0 aliphatic heterocycles. The summed E-state index contributed by atoms with van der Waals surface area (Å²) in [7, 11) is 1.46. The predicted molar refractivity (Wildman–Crippen MR) is 141 cm³/mol. The minimum absolute atomic E-state index is 0.0125. The van der Waals surface area contributed by atoms with Crippen molar-refractivity contribution in [3.05, 3.63) is 94.3 Å². The van der Waals surface area contributed by atoms with Crippen molar-refractivity contribution in [3.8, 4) is 11.5 Å². The fourth-order valence-electron chi connectivity index (χ4n) is 4.07. The Balaban J connectivity index is 1.56. The van der Waals surface area contributed by atoms with E-state index in [1.807, 2.05) is 37.3 Å². The number of nitrogens with one attached hydrogen (secondary N) is 1. The van der Waals surface area contributed by atoms with Crippen molar-refractivity contribution in [1.29, 1.82) is 0 Å². The predicted octanol–water partition coefficient (Wildman–Crippen LogP) is 5.15. The zero-order valence-electron chi connectivity index (χ0n) is 20.0. The van der Waals surface area contributed by atoms with Crippen LogP contribution in [0.15, 0.2) is 76.2 Å². The first-order valence-corrected chi connectivity index (χ1v) is 12.7. The van der Waals surface area contributed by atoms with Gasteiger partial charge in [-0.25, -0.2) is 9.82 Å². The summed E-state index contributed by atoms with van der Waals surface area (Å²) in [6.07, 6.45) is 5.04. The number of hydrogen-bond donors (Lipinski definition) is 2. The first-order chi connectivity index (χ1) is 17.3. The summed E-state index contributed by atoms with van der Waals surface area (Å²) in [5, 5.41) is 13.8. The van der Waals surface area contributed by atoms with Gasteiger partial charge in [0, 0.05) is 0 Å². The van der Waals surface area contributed by atoms with Gasteiger partial charge < -0.3 is 14.4 Å². The molecule has 1 aliphatic carbocycles. The molecule has 1 atom stereocenters. The Labute approximate surface area is 212 Å². The van der Waals surface area contributed by atoms with Gasteiger partial charge in [0.1, 0.15) is 12.1 Å². The van der Waals surface area contributed by atoms with Crippen LogP contribution in [0.5, 0.6) is 11.5 Å². The lowest BCUT2D eigenvalue weighted by Gasteiger charge is -2.06. The third-order valence-electron chi connectivity index (χ3n) is 5.92. The largest absolute Gasteiger partial charge is 0.612 e. The maximum Gasteiger partial charge on any atom is 0.244 e. The average Bonchev–Trinajstić information content (AvgIpc) is 3.09. The molecule has 0 aromatic heterocycles. The number of hydrazone groups is 1. The van der Waals surface area contributed by atoms with E-state index in [1.54, 1.807) is 24.5 Å². The van der Waals surface area contributed by atoms with Crippen molar-refractivity contribution in [2.24, 2.45) is 5.10 Å². The van der Waals surface area contributed by atoms with E-state index in [0.717, 1.165) is 32.7 Å². The molecule has 8 heteroatoms. The summed E-state index contributed by atoms with van der Waals surface area (Å²) in [5.41, 5.74) is 7.99. The molecule has 0 fully saturated rings. The third-order valence-corrected chi connectivity index (χ3v) is 6.86. The molecule has 184 valence electrons. The molecular weight excluding hydrogens is 479 g/mol. The topological polar surface area (TPSA) is 94.0 Å². The number of carbonyl (C=O) groups is 1. The number of allylic oxidation sites excluding steroid dienone is 2. The minimum Gasteiger partial charge on any atom is -0.612 e. The second-order valence-corrected chi connectivity index (χ2v) is 9.66. The number of phenolic OH excluding ortho intramolecular Hbond substituents is 1. The van der Waals surface area contributed by atoms with Gasteiger partial charge in [-0.05, 0) is 118 Å². The Morgan fingerprint density at radius 2 is 1.83 bits per heavy atom. The third kappa shape index (κ3) is 5.50. The molecule has 2 N–H and O–H groups in total. The zero-order chi connectivity index (χ0) is 25.8. The van der Waals surface area contributed by atoms with E-state index >= 15 is 0 Å². The van der Waals surface area contributed by atoms with Crippen molar-refractivity contribution in [2.75, 3.05) is 13.4 Å². The summed E-state index contributed by atoms with van der Waals surface area (Å²) >= 11 is -1.06. The Kier molecular flexibility index (Phi) is 7.57. The number of fused-ring (bicyclic) bond motifs is 1. The Morgan fingerprint density at radius 1 is 1.11 bits per heavy atom. The van der Waals surface area contributed by atoms with E-state index in [-0.39, 0.29) is 23.9 Å². The standard InChI is InChI=1S/C28H25FN2O4S/c1-17-23(12-18-4-8-21(9-5-18)36(3)34)22-10-7-20(29)14-25(22)24(17)15-28(33)31-30-16-19-6-11-27(35-2)26(32)13-19/h4-14,16,32H,15H2,1-3H3,(H,31,33)/b23-12-,30-16-. The normalized spacial score (nSPS) is 14.9. The van der Waals surface area contributed by atoms with Crippen LogP contribution in [0, 0.1) is 5.82 Å². The summed E-state index contributed by atoms with van der Waals surface area (Å²) in [4.78, 5) is 13.4. The number of carbonyl (C=O) groups excluding carboxylic acids is 1. The van der Waals surface area contributed by atoms with E-state index in [0.29, 0.717) is 16.9 Å². The summed E-state index contributed by atoms with van der Waals surface area (Å²) in [5.74, 6) is -0.432. The number of nitrogens with zero attached hydrogens (tertiary/aromatic N) is 1. The van der Waals surface area contributed by atoms with Gasteiger partial charge in [0.25, 0.3) is 0 Å². The van der Waals surface area contributed by atoms with E-state index in [9.17, 15) is 18.8 Å². The summed E-state index contributed by atoms with van der Waals surface area (Å²) < 4.78 is 30.8. The first kappa shape index (κ1) is 25.2. The van der Waals surface area contributed by atoms with Crippen molar-refractivity contribution in [1.82, 2.24) is 5.43 Å². The summed E-state index contributed by atoms with van der Waals surface area (Å²) in [6, 6.07) is 16.7. The number of amides is 1. The molecule has 36 heavy (non-hydrogen) atoms. The highest BCUT2D eigenvalue weighted by Gasteiger charge is 2.25. The lowest BCUT2D eigenvalue weighted by atomic mass is 10.0. The van der Waals surface area contributed by atoms with Crippen LogP contribution in [-0.2, 0) is 16.0 Å². The van der Waals surface area contributed by atoms with Gasteiger partial charge in [-0.15, -0.1) is 0 Å². The molecule has 0 bridgehead atoms. The average molecular weight is 505 g/mol. The lowest BCUT2D eigenvalue weighted by molar-refractivity contribution is -0.120. The molecule has 0 saturated heterocycles. The van der Waals surface area contributed by atoms with Gasteiger partial charge in [-0.3, -0.25) is 4.79 Å². The molecule has 3 aromatic carbocycles. The number of phenols is 1. The zero-order valence-corrected chi connectivity index (χ0v) is 20.9. The molecule has 0 saturated carbocycles. The maximum atomic E-state index is 14.1. The highest BCUT2D eigenvalue weighted by atomic mass is 32.2. The van der Waals surface area contributed by atoms with Crippen LogP contribution in [-0.4, -0.2) is 35.1 Å². The van der Waals surface area contributed by atoms with E-state index in [4.69, 9.17) is 4.74 Å². The minimum atomic E-state index is -1.06. The SMILES string of the molecule is COc1ccc(/C=N\NC(=O)CC2=C(C)/C(=C/c3ccc([S+](C)[O-])cc3)c3ccc(F)cc32)cc1O. The molecule has 0 heterocycles. The molecule has 1 amide bonds. The van der Waals surface area contributed by atoms with Crippen molar-refractivity contribution >= 4 is 40.5 Å². The molecule has 3 aromatic rings. The molecule has 0 radical (unpaired) electrons. The molecule has 0 spiro atoms. The Bertz CT molecular complexity index is 1400. The van der Waals surface area contributed by atoms with Crippen molar-refractivity contribution in [2.45, 2.75) is 18.2 Å². The van der Waals surface area contributed by atoms with Crippen LogP contribution in [0.25, 0.3) is 17.2 Å². The summed E-state index contributed by atoms with van der Waals surface area (Å²) in [6.45, 7) is 1.91. The fraction of sp³-hybridized carbons (Fsp3) is 0.143. The highest BCUT2D eigenvalue weighted by Crippen LogP contribution is 2.43. The number of aromatic hydroxyl groups is 1. The molecule has 1 aliphatic rings. The first-order valence-electron chi connectivity index (χ1n) is 11.1. The van der Waals surface area contributed by atoms with Crippen LogP contribution >= 0.6 is 0 Å². The Hall–Kier alpha value is -3.88. The number of methoxy groups -OCH3 is 1. The van der Waals surface area contributed by atoms with Gasteiger partial charge in [0.2, 0.25) is 5.91 Å². The van der Waals surface area contributed by atoms with Gasteiger partial charge in [0.05, 0.1) is 19.7 Å². The van der Waals surface area contributed by atoms with Crippen LogP contribution in [0.1, 0.15) is 35.6 Å². The number of benzene rings is 3.